The van der Waals surface area contributed by atoms with E-state index in [0.717, 1.165) is 47.2 Å². The molecular formula is C15H14N2O. The Morgan fingerprint density at radius 1 is 1.39 bits per heavy atom. The van der Waals surface area contributed by atoms with Gasteiger partial charge in [0.1, 0.15) is 11.3 Å². The summed E-state index contributed by atoms with van der Waals surface area (Å²) in [5.74, 6) is 0.793. The Labute approximate surface area is 106 Å². The molecule has 0 radical (unpaired) electrons. The molecule has 0 bridgehead atoms. The monoisotopic (exact) mass is 238 g/mol. The average Bonchev–Trinajstić information content (AvgIpc) is 2.86. The molecule has 1 heterocycles. The SMILES string of the molecule is COc1cccc2c(CC#N)c3c(nc12)CCC3. The standard InChI is InChI=1S/C15H14N2O/c1-18-14-7-3-5-12-10(8-9-16)11-4-2-6-13(11)17-15(12)14/h3,5,7H,2,4,6,8H2,1H3. The quantitative estimate of drug-likeness (QED) is 0.808. The lowest BCUT2D eigenvalue weighted by molar-refractivity contribution is 0.419. The number of ether oxygens (including phenoxy) is 1. The zero-order valence-electron chi connectivity index (χ0n) is 10.4. The zero-order chi connectivity index (χ0) is 12.5. The highest BCUT2D eigenvalue weighted by atomic mass is 16.5. The van der Waals surface area contributed by atoms with Gasteiger partial charge in [0, 0.05) is 11.1 Å². The molecule has 1 aromatic carbocycles. The molecule has 0 amide bonds. The number of methoxy groups -OCH3 is 1. The van der Waals surface area contributed by atoms with Crippen LogP contribution in [-0.2, 0) is 19.3 Å². The molecule has 90 valence electrons. The van der Waals surface area contributed by atoms with Crippen molar-refractivity contribution in [2.24, 2.45) is 0 Å². The summed E-state index contributed by atoms with van der Waals surface area (Å²) >= 11 is 0. The molecule has 0 fully saturated rings. The maximum absolute atomic E-state index is 9.04. The number of aromatic nitrogens is 1. The number of nitrogens with zero attached hydrogens (tertiary/aromatic N) is 2. The molecule has 1 aliphatic rings. The number of hydrogen-bond donors (Lipinski definition) is 0. The van der Waals surface area contributed by atoms with Crippen LogP contribution >= 0.6 is 0 Å². The smallest absolute Gasteiger partial charge is 0.145 e. The van der Waals surface area contributed by atoms with Gasteiger partial charge in [-0.3, -0.25) is 0 Å². The van der Waals surface area contributed by atoms with E-state index in [0.29, 0.717) is 6.42 Å². The van der Waals surface area contributed by atoms with E-state index in [-0.39, 0.29) is 0 Å². The van der Waals surface area contributed by atoms with Crippen LogP contribution in [0.2, 0.25) is 0 Å². The van der Waals surface area contributed by atoms with E-state index in [9.17, 15) is 0 Å². The molecule has 0 spiro atoms. The summed E-state index contributed by atoms with van der Waals surface area (Å²) < 4.78 is 5.37. The van der Waals surface area contributed by atoms with Crippen molar-refractivity contribution >= 4 is 10.9 Å². The van der Waals surface area contributed by atoms with Crippen LogP contribution in [0.5, 0.6) is 5.75 Å². The van der Waals surface area contributed by atoms with Crippen LogP contribution in [0.4, 0.5) is 0 Å². The number of rotatable bonds is 2. The number of aryl methyl sites for hydroxylation is 1. The third-order valence-electron chi connectivity index (χ3n) is 3.60. The maximum atomic E-state index is 9.04. The van der Waals surface area contributed by atoms with E-state index in [4.69, 9.17) is 15.0 Å². The van der Waals surface area contributed by atoms with Gasteiger partial charge >= 0.3 is 0 Å². The van der Waals surface area contributed by atoms with Crippen molar-refractivity contribution in [3.63, 3.8) is 0 Å². The Hall–Kier alpha value is -2.08. The van der Waals surface area contributed by atoms with Crippen molar-refractivity contribution in [3.05, 3.63) is 35.0 Å². The second-order valence-electron chi connectivity index (χ2n) is 4.56. The predicted molar refractivity (Wildman–Crippen MR) is 69.6 cm³/mol. The average molecular weight is 238 g/mol. The molecule has 3 heteroatoms. The Bertz CT molecular complexity index is 656. The molecule has 3 rings (SSSR count). The lowest BCUT2D eigenvalue weighted by atomic mass is 9.99. The first-order valence-corrected chi connectivity index (χ1v) is 6.19. The maximum Gasteiger partial charge on any atom is 0.145 e. The number of nitriles is 1. The first kappa shape index (κ1) is 11.0. The van der Waals surface area contributed by atoms with Crippen molar-refractivity contribution in [1.29, 1.82) is 5.26 Å². The van der Waals surface area contributed by atoms with Crippen LogP contribution in [0.3, 0.4) is 0 Å². The van der Waals surface area contributed by atoms with Crippen LogP contribution in [0.25, 0.3) is 10.9 Å². The lowest BCUT2D eigenvalue weighted by Gasteiger charge is -2.12. The van der Waals surface area contributed by atoms with Crippen LogP contribution in [0.15, 0.2) is 18.2 Å². The Morgan fingerprint density at radius 3 is 3.06 bits per heavy atom. The Balaban J connectivity index is 2.38. The van der Waals surface area contributed by atoms with Crippen molar-refractivity contribution < 1.29 is 4.74 Å². The van der Waals surface area contributed by atoms with Gasteiger partial charge in [-0.15, -0.1) is 0 Å². The van der Waals surface area contributed by atoms with Gasteiger partial charge in [0.15, 0.2) is 0 Å². The minimum Gasteiger partial charge on any atom is -0.494 e. The molecule has 0 aliphatic heterocycles. The topological polar surface area (TPSA) is 45.9 Å². The number of fused-ring (bicyclic) bond motifs is 2. The van der Waals surface area contributed by atoms with Gasteiger partial charge < -0.3 is 4.74 Å². The van der Waals surface area contributed by atoms with Gasteiger partial charge in [0.2, 0.25) is 0 Å². The highest BCUT2D eigenvalue weighted by Crippen LogP contribution is 2.33. The molecule has 3 nitrogen and oxygen atoms in total. The first-order chi connectivity index (χ1) is 8.85. The van der Waals surface area contributed by atoms with E-state index in [1.807, 2.05) is 18.2 Å². The van der Waals surface area contributed by atoms with Crippen LogP contribution in [0, 0.1) is 11.3 Å². The second-order valence-corrected chi connectivity index (χ2v) is 4.56. The fourth-order valence-electron chi connectivity index (χ4n) is 2.80. The molecule has 1 aliphatic carbocycles. The summed E-state index contributed by atoms with van der Waals surface area (Å²) in [6.45, 7) is 0. The minimum absolute atomic E-state index is 0.453. The number of hydrogen-bond acceptors (Lipinski definition) is 3. The number of pyridine rings is 1. The molecule has 0 unspecified atom stereocenters. The molecule has 0 saturated heterocycles. The normalized spacial score (nSPS) is 13.3. The Kier molecular flexibility index (Phi) is 2.64. The molecule has 0 saturated carbocycles. The molecule has 18 heavy (non-hydrogen) atoms. The van der Waals surface area contributed by atoms with Crippen molar-refractivity contribution in [3.8, 4) is 11.8 Å². The lowest BCUT2D eigenvalue weighted by Crippen LogP contribution is -1.99. The summed E-state index contributed by atoms with van der Waals surface area (Å²) in [6.07, 6.45) is 3.65. The van der Waals surface area contributed by atoms with Gasteiger partial charge in [-0.2, -0.15) is 5.26 Å². The number of para-hydroxylation sites is 1. The van der Waals surface area contributed by atoms with Gasteiger partial charge in [-0.05, 0) is 36.5 Å². The van der Waals surface area contributed by atoms with E-state index >= 15 is 0 Å². The molecule has 1 aromatic heterocycles. The summed E-state index contributed by atoms with van der Waals surface area (Å²) in [7, 11) is 1.66. The molecule has 2 aromatic rings. The van der Waals surface area contributed by atoms with E-state index in [1.54, 1.807) is 7.11 Å². The van der Waals surface area contributed by atoms with E-state index in [1.165, 1.54) is 5.56 Å². The van der Waals surface area contributed by atoms with Crippen molar-refractivity contribution in [1.82, 2.24) is 4.98 Å². The van der Waals surface area contributed by atoms with Crippen molar-refractivity contribution in [2.75, 3.05) is 7.11 Å². The fraction of sp³-hybridized carbons (Fsp3) is 0.333. The minimum atomic E-state index is 0.453. The van der Waals surface area contributed by atoms with Gasteiger partial charge in [-0.25, -0.2) is 4.98 Å². The highest BCUT2D eigenvalue weighted by Gasteiger charge is 2.20. The Morgan fingerprint density at radius 2 is 2.28 bits per heavy atom. The van der Waals surface area contributed by atoms with Crippen LogP contribution < -0.4 is 4.74 Å². The third kappa shape index (κ3) is 1.53. The second kappa shape index (κ2) is 4.30. The van der Waals surface area contributed by atoms with E-state index in [2.05, 4.69) is 6.07 Å². The summed E-state index contributed by atoms with van der Waals surface area (Å²) in [4.78, 5) is 4.74. The largest absolute Gasteiger partial charge is 0.494 e. The summed E-state index contributed by atoms with van der Waals surface area (Å²) in [5, 5.41) is 10.1. The van der Waals surface area contributed by atoms with Gasteiger partial charge in [-0.1, -0.05) is 12.1 Å². The van der Waals surface area contributed by atoms with E-state index < -0.39 is 0 Å². The summed E-state index contributed by atoms with van der Waals surface area (Å²) in [6, 6.07) is 8.20. The molecule has 0 N–H and O–H groups in total. The van der Waals surface area contributed by atoms with Crippen LogP contribution in [0.1, 0.15) is 23.2 Å². The third-order valence-corrected chi connectivity index (χ3v) is 3.60. The van der Waals surface area contributed by atoms with Crippen molar-refractivity contribution in [2.45, 2.75) is 25.7 Å². The molecule has 0 atom stereocenters. The zero-order valence-corrected chi connectivity index (χ0v) is 10.4. The van der Waals surface area contributed by atoms with Crippen LogP contribution in [-0.4, -0.2) is 12.1 Å². The number of benzene rings is 1. The first-order valence-electron chi connectivity index (χ1n) is 6.19. The predicted octanol–water partition coefficient (Wildman–Crippen LogP) is 2.80. The summed E-state index contributed by atoms with van der Waals surface area (Å²) in [5.41, 5.74) is 4.48. The highest BCUT2D eigenvalue weighted by molar-refractivity contribution is 5.89. The fourth-order valence-corrected chi connectivity index (χ4v) is 2.80. The van der Waals surface area contributed by atoms with Gasteiger partial charge in [0.25, 0.3) is 0 Å². The molecular weight excluding hydrogens is 224 g/mol. The van der Waals surface area contributed by atoms with Gasteiger partial charge in [0.05, 0.1) is 19.6 Å².